The molecule has 0 N–H and O–H groups in total. The van der Waals surface area contributed by atoms with Crippen molar-refractivity contribution in [2.75, 3.05) is 20.9 Å². The van der Waals surface area contributed by atoms with E-state index in [9.17, 15) is 4.39 Å². The fourth-order valence-electron chi connectivity index (χ4n) is 0.611. The number of methoxy groups -OCH3 is 2. The predicted octanol–water partition coefficient (Wildman–Crippen LogP) is 1.83. The highest BCUT2D eigenvalue weighted by Gasteiger charge is 2.27. The number of halogens is 1. The lowest BCUT2D eigenvalue weighted by molar-refractivity contribution is -0.171. The van der Waals surface area contributed by atoms with Crippen LogP contribution in [0.4, 0.5) is 4.39 Å². The second kappa shape index (κ2) is 4.75. The summed E-state index contributed by atoms with van der Waals surface area (Å²) in [6, 6.07) is 0. The lowest BCUT2D eigenvalue weighted by Gasteiger charge is -2.21. The first-order chi connectivity index (χ1) is 5.89. The van der Waals surface area contributed by atoms with Crippen LogP contribution in [0.25, 0.3) is 0 Å². The number of hydrogen-bond donors (Lipinski definition) is 0. The van der Waals surface area contributed by atoms with Crippen molar-refractivity contribution in [3.8, 4) is 11.5 Å². The summed E-state index contributed by atoms with van der Waals surface area (Å²) < 4.78 is 22.3. The molecule has 0 aliphatic heterocycles. The van der Waals surface area contributed by atoms with Crippen LogP contribution in [0.15, 0.2) is 0 Å². The van der Waals surface area contributed by atoms with E-state index in [1.165, 1.54) is 14.2 Å². The molecule has 13 heavy (non-hydrogen) atoms. The highest BCUT2D eigenvalue weighted by atomic mass is 28.3. The van der Waals surface area contributed by atoms with Gasteiger partial charge in [-0.25, -0.2) is 4.39 Å². The predicted molar refractivity (Wildman–Crippen MR) is 53.8 cm³/mol. The van der Waals surface area contributed by atoms with Crippen molar-refractivity contribution in [1.29, 1.82) is 0 Å². The first kappa shape index (κ1) is 12.6. The molecule has 4 heteroatoms. The zero-order chi connectivity index (χ0) is 10.5. The molecule has 0 aliphatic carbocycles. The van der Waals surface area contributed by atoms with E-state index in [0.29, 0.717) is 0 Å². The van der Waals surface area contributed by atoms with E-state index in [1.807, 2.05) is 0 Å². The van der Waals surface area contributed by atoms with Crippen molar-refractivity contribution in [3.63, 3.8) is 0 Å². The summed E-state index contributed by atoms with van der Waals surface area (Å²) in [6.45, 7) is 5.48. The van der Waals surface area contributed by atoms with Gasteiger partial charge in [-0.1, -0.05) is 19.6 Å². The molecule has 0 amide bonds. The normalized spacial score (nSPS) is 12.2. The average molecular weight is 204 g/mol. The van der Waals surface area contributed by atoms with Gasteiger partial charge in [0.1, 0.15) is 8.07 Å². The highest BCUT2D eigenvalue weighted by Crippen LogP contribution is 2.11. The maximum absolute atomic E-state index is 12.6. The van der Waals surface area contributed by atoms with Crippen LogP contribution in [-0.4, -0.2) is 34.8 Å². The summed E-state index contributed by atoms with van der Waals surface area (Å²) in [4.78, 5) is 0. The van der Waals surface area contributed by atoms with E-state index in [4.69, 9.17) is 9.47 Å². The zero-order valence-electron chi connectivity index (χ0n) is 8.90. The topological polar surface area (TPSA) is 18.5 Å². The van der Waals surface area contributed by atoms with E-state index in [-0.39, 0.29) is 0 Å². The van der Waals surface area contributed by atoms with Crippen LogP contribution in [0.3, 0.4) is 0 Å². The van der Waals surface area contributed by atoms with Crippen LogP contribution in [0.2, 0.25) is 19.6 Å². The Morgan fingerprint density at radius 2 is 1.69 bits per heavy atom. The van der Waals surface area contributed by atoms with E-state index >= 15 is 0 Å². The molecule has 76 valence electrons. The third kappa shape index (κ3) is 4.41. The lowest BCUT2D eigenvalue weighted by Crippen LogP contribution is -2.35. The molecule has 0 atom stereocenters. The van der Waals surface area contributed by atoms with Crippen LogP contribution < -0.4 is 0 Å². The van der Waals surface area contributed by atoms with Gasteiger partial charge in [-0.3, -0.25) is 0 Å². The molecule has 0 radical (unpaired) electrons. The molecule has 0 rings (SSSR count). The van der Waals surface area contributed by atoms with Gasteiger partial charge in [-0.2, -0.15) is 0 Å². The molecule has 0 aliphatic rings. The molecule has 0 fully saturated rings. The molecular weight excluding hydrogens is 187 g/mol. The molecule has 0 bridgehead atoms. The summed E-state index contributed by atoms with van der Waals surface area (Å²) in [5.41, 5.74) is 3.01. The smallest absolute Gasteiger partial charge is 0.262 e. The Morgan fingerprint density at radius 3 is 1.92 bits per heavy atom. The summed E-state index contributed by atoms with van der Waals surface area (Å²) >= 11 is 0. The molecule has 0 aromatic carbocycles. The molecule has 0 saturated heterocycles. The van der Waals surface area contributed by atoms with E-state index in [1.54, 1.807) is 0 Å². The van der Waals surface area contributed by atoms with Gasteiger partial charge in [0.2, 0.25) is 0 Å². The minimum Gasteiger partial charge on any atom is -0.341 e. The van der Waals surface area contributed by atoms with Crippen molar-refractivity contribution >= 4 is 8.07 Å². The van der Waals surface area contributed by atoms with Crippen molar-refractivity contribution in [2.45, 2.75) is 25.4 Å². The quantitative estimate of drug-likeness (QED) is 0.397. The molecular formula is C9H17FO2Si. The SMILES string of the molecule is COC(C#C[Si](C)(C)C)(CF)OC. The van der Waals surface area contributed by atoms with Gasteiger partial charge >= 0.3 is 0 Å². The Kier molecular flexibility index (Phi) is 4.61. The molecule has 0 aromatic heterocycles. The van der Waals surface area contributed by atoms with E-state index in [0.717, 1.165) is 0 Å². The highest BCUT2D eigenvalue weighted by molar-refractivity contribution is 6.83. The minimum absolute atomic E-state index is 0.752. The number of alkyl halides is 1. The standard InChI is InChI=1S/C9H17FO2Si/c1-11-9(8-10,12-2)6-7-13(3,4)5/h8H2,1-5H3. The Hall–Kier alpha value is -0.373. The summed E-state index contributed by atoms with van der Waals surface area (Å²) in [6.07, 6.45) is 0. The van der Waals surface area contributed by atoms with E-state index < -0.39 is 20.5 Å². The minimum atomic E-state index is -1.50. The van der Waals surface area contributed by atoms with Crippen LogP contribution in [0.5, 0.6) is 0 Å². The van der Waals surface area contributed by atoms with Crippen LogP contribution in [0.1, 0.15) is 0 Å². The third-order valence-corrected chi connectivity index (χ3v) is 2.34. The summed E-state index contributed by atoms with van der Waals surface area (Å²) in [5, 5.41) is 0. The van der Waals surface area contributed by atoms with Gasteiger partial charge in [0.25, 0.3) is 5.79 Å². The maximum atomic E-state index is 12.6. The zero-order valence-corrected chi connectivity index (χ0v) is 9.90. The Labute approximate surface area is 80.4 Å². The molecule has 0 unspecified atom stereocenters. The van der Waals surface area contributed by atoms with Gasteiger partial charge in [0.05, 0.1) is 0 Å². The fourth-order valence-corrected chi connectivity index (χ4v) is 1.18. The number of rotatable bonds is 3. The van der Waals surface area contributed by atoms with E-state index in [2.05, 4.69) is 31.1 Å². The molecule has 2 nitrogen and oxygen atoms in total. The van der Waals surface area contributed by atoms with Crippen molar-refractivity contribution in [2.24, 2.45) is 0 Å². The van der Waals surface area contributed by atoms with Crippen molar-refractivity contribution in [3.05, 3.63) is 0 Å². The monoisotopic (exact) mass is 204 g/mol. The summed E-state index contributed by atoms with van der Waals surface area (Å²) in [7, 11) is 1.28. The number of hydrogen-bond acceptors (Lipinski definition) is 2. The molecule has 0 aromatic rings. The summed E-state index contributed by atoms with van der Waals surface area (Å²) in [5.74, 6) is 1.35. The first-order valence-electron chi connectivity index (χ1n) is 4.10. The van der Waals surface area contributed by atoms with Gasteiger partial charge in [-0.15, -0.1) is 5.54 Å². The Balaban J connectivity index is 4.66. The molecule has 0 heterocycles. The fraction of sp³-hybridized carbons (Fsp3) is 0.778. The molecule has 0 spiro atoms. The van der Waals surface area contributed by atoms with Crippen molar-refractivity contribution < 1.29 is 13.9 Å². The first-order valence-corrected chi connectivity index (χ1v) is 7.60. The Morgan fingerprint density at radius 1 is 1.23 bits per heavy atom. The largest absolute Gasteiger partial charge is 0.341 e. The van der Waals surface area contributed by atoms with Gasteiger partial charge in [0, 0.05) is 14.2 Å². The maximum Gasteiger partial charge on any atom is 0.262 e. The van der Waals surface area contributed by atoms with Gasteiger partial charge in [0.15, 0.2) is 6.67 Å². The second-order valence-corrected chi connectivity index (χ2v) is 8.54. The van der Waals surface area contributed by atoms with Crippen molar-refractivity contribution in [1.82, 2.24) is 0 Å². The van der Waals surface area contributed by atoms with Gasteiger partial charge in [-0.05, 0) is 5.92 Å². The molecule has 0 saturated carbocycles. The van der Waals surface area contributed by atoms with Crippen LogP contribution >= 0.6 is 0 Å². The van der Waals surface area contributed by atoms with Crippen LogP contribution in [-0.2, 0) is 9.47 Å². The average Bonchev–Trinajstić information content (AvgIpc) is 2.06. The van der Waals surface area contributed by atoms with Crippen LogP contribution in [0, 0.1) is 11.5 Å². The Bertz CT molecular complexity index is 200. The third-order valence-electron chi connectivity index (χ3n) is 1.46. The number of ether oxygens (including phenoxy) is 2. The second-order valence-electron chi connectivity index (χ2n) is 3.79. The van der Waals surface area contributed by atoms with Gasteiger partial charge < -0.3 is 9.47 Å². The lowest BCUT2D eigenvalue weighted by atomic mass is 10.3.